The molecule has 4 aromatic carbocycles. The third-order valence-corrected chi connectivity index (χ3v) is 8.30. The molecule has 0 aliphatic carbocycles. The Morgan fingerprint density at radius 2 is 0.953 bits per heavy atom. The fraction of sp³-hybridized carbons (Fsp3) is 0.273. The van der Waals surface area contributed by atoms with Gasteiger partial charge in [0, 0.05) is 0 Å². The first kappa shape index (κ1) is 37.3. The molecule has 0 unspecified atom stereocenters. The van der Waals surface area contributed by atoms with Crippen molar-refractivity contribution in [2.75, 3.05) is 7.11 Å². The minimum Gasteiger partial charge on any atom is -0.744 e. The second kappa shape index (κ2) is 16.2. The first-order chi connectivity index (χ1) is 19.8. The molecule has 0 aliphatic rings. The van der Waals surface area contributed by atoms with Gasteiger partial charge < -0.3 is 18.9 Å². The third-order valence-electron chi connectivity index (χ3n) is 6.31. The molecule has 0 amide bonds. The highest BCUT2D eigenvalue weighted by atomic mass is 32.2. The molecule has 0 saturated carbocycles. The van der Waals surface area contributed by atoms with E-state index < -0.39 is 20.2 Å². The molecule has 0 saturated heterocycles. The normalized spacial score (nSPS) is 10.7. The molecule has 10 heteroatoms. The van der Waals surface area contributed by atoms with Crippen LogP contribution >= 0.6 is 0 Å². The van der Waals surface area contributed by atoms with Crippen molar-refractivity contribution in [3.8, 4) is 11.5 Å². The van der Waals surface area contributed by atoms with E-state index in [9.17, 15) is 25.9 Å². The summed E-state index contributed by atoms with van der Waals surface area (Å²) in [5.74, 6) is 1.02. The Kier molecular flexibility index (Phi) is 14.1. The second-order valence-corrected chi connectivity index (χ2v) is 12.9. The molecule has 0 aliphatic heterocycles. The average Bonchev–Trinajstić information content (AvgIpc) is 2.87. The number of methoxy groups -OCH3 is 1. The lowest BCUT2D eigenvalue weighted by Crippen LogP contribution is -2.04. The molecule has 0 atom stereocenters. The van der Waals surface area contributed by atoms with Crippen molar-refractivity contribution in [1.29, 1.82) is 0 Å². The van der Waals surface area contributed by atoms with Crippen molar-refractivity contribution >= 4 is 20.2 Å². The van der Waals surface area contributed by atoms with Gasteiger partial charge in [-0.2, -0.15) is 0 Å². The summed E-state index contributed by atoms with van der Waals surface area (Å²) in [5.41, 5.74) is 8.51. The standard InChI is InChI=1S/C10H14.C9H12O3S.C7H8O3S.C7H8O2/c1-7-5-8(2)10(4)9(3)6-7;1-6-4-7(2)9(8(3)5-6)13(10,11)12;1-6-2-4-7(5-3-6)11(8,9)10;1-9-7-4-2-6(8)3-5-7/h5-6H,1-4H3;4-5H,1-3H3,(H,10,11,12);2-5H,1H3,(H,8,9,10);2-5,8H,1H3/p-2. The zero-order chi connectivity index (χ0) is 33.1. The number of hydrogen-bond acceptors (Lipinski definition) is 8. The Morgan fingerprint density at radius 3 is 1.30 bits per heavy atom. The summed E-state index contributed by atoms with van der Waals surface area (Å²) in [5, 5.41) is 8.80. The number of phenols is 1. The Labute approximate surface area is 256 Å². The van der Waals surface area contributed by atoms with Crippen LogP contribution in [0, 0.1) is 55.4 Å². The van der Waals surface area contributed by atoms with Crippen LogP contribution in [-0.4, -0.2) is 38.2 Å². The molecule has 43 heavy (non-hydrogen) atoms. The van der Waals surface area contributed by atoms with Gasteiger partial charge in [0.2, 0.25) is 0 Å². The highest BCUT2D eigenvalue weighted by molar-refractivity contribution is 7.86. The van der Waals surface area contributed by atoms with Crippen LogP contribution in [-0.2, 0) is 20.2 Å². The van der Waals surface area contributed by atoms with Gasteiger partial charge in [-0.3, -0.25) is 0 Å². The lowest BCUT2D eigenvalue weighted by Gasteiger charge is -2.14. The second-order valence-electron chi connectivity index (χ2n) is 10.2. The van der Waals surface area contributed by atoms with Crippen molar-refractivity contribution in [2.45, 2.75) is 65.2 Å². The fourth-order valence-corrected chi connectivity index (χ4v) is 5.48. The maximum atomic E-state index is 10.8. The van der Waals surface area contributed by atoms with E-state index in [1.807, 2.05) is 13.8 Å². The quantitative estimate of drug-likeness (QED) is 0.246. The monoisotopic (exact) mass is 628 g/mol. The largest absolute Gasteiger partial charge is 0.744 e. The molecule has 0 bridgehead atoms. The molecular formula is C33H40O8S2-2. The molecule has 1 N–H and O–H groups in total. The Hall–Kier alpha value is -3.70. The number of rotatable bonds is 3. The van der Waals surface area contributed by atoms with Gasteiger partial charge in [-0.15, -0.1) is 0 Å². The number of ether oxygens (including phenoxy) is 1. The highest BCUT2D eigenvalue weighted by Gasteiger charge is 2.09. The lowest BCUT2D eigenvalue weighted by molar-refractivity contribution is 0.412. The minimum absolute atomic E-state index is 0.0851. The Morgan fingerprint density at radius 1 is 0.558 bits per heavy atom. The van der Waals surface area contributed by atoms with Crippen LogP contribution in [0.15, 0.2) is 82.6 Å². The number of aryl methyl sites for hydroxylation is 7. The van der Waals surface area contributed by atoms with Gasteiger partial charge in [-0.05, 0) is 120 Å². The minimum atomic E-state index is -4.33. The maximum absolute atomic E-state index is 10.8. The maximum Gasteiger partial charge on any atom is 0.124 e. The van der Waals surface area contributed by atoms with Gasteiger partial charge in [0.05, 0.1) is 16.9 Å². The fourth-order valence-electron chi connectivity index (χ4n) is 4.10. The molecule has 0 spiro atoms. The van der Waals surface area contributed by atoms with Crippen molar-refractivity contribution < 1.29 is 35.8 Å². The molecule has 4 rings (SSSR count). The van der Waals surface area contributed by atoms with Crippen LogP contribution in [0.25, 0.3) is 0 Å². The Bertz CT molecular complexity index is 1660. The summed E-state index contributed by atoms with van der Waals surface area (Å²) in [4.78, 5) is -0.263. The molecule has 4 aromatic rings. The number of hydrogen-bond donors (Lipinski definition) is 1. The average molecular weight is 629 g/mol. The van der Waals surface area contributed by atoms with Gasteiger partial charge in [0.1, 0.15) is 31.7 Å². The zero-order valence-corrected chi connectivity index (χ0v) is 27.7. The van der Waals surface area contributed by atoms with Crippen LogP contribution in [0.2, 0.25) is 0 Å². The van der Waals surface area contributed by atoms with Crippen molar-refractivity contribution in [3.63, 3.8) is 0 Å². The number of benzene rings is 4. The summed E-state index contributed by atoms with van der Waals surface area (Å²) >= 11 is 0. The predicted octanol–water partition coefficient (Wildman–Crippen LogP) is 6.74. The molecule has 0 fully saturated rings. The zero-order valence-electron chi connectivity index (χ0n) is 26.0. The van der Waals surface area contributed by atoms with Crippen LogP contribution in [0.1, 0.15) is 44.5 Å². The third kappa shape index (κ3) is 13.0. The first-order valence-electron chi connectivity index (χ1n) is 13.2. The van der Waals surface area contributed by atoms with Crippen molar-refractivity contribution in [2.24, 2.45) is 0 Å². The van der Waals surface area contributed by atoms with Crippen molar-refractivity contribution in [3.05, 3.63) is 117 Å². The van der Waals surface area contributed by atoms with Crippen LogP contribution in [0.4, 0.5) is 0 Å². The number of aromatic hydroxyl groups is 1. The Balaban J connectivity index is 0.000000289. The summed E-state index contributed by atoms with van der Waals surface area (Å²) in [6, 6.07) is 20.2. The van der Waals surface area contributed by atoms with E-state index in [0.717, 1.165) is 16.9 Å². The molecule has 0 heterocycles. The SMILES string of the molecule is COc1ccc(O)cc1.Cc1cc(C)c(C)c(C)c1.Cc1cc(C)c(S(=O)(=O)[O-])c(C)c1.Cc1ccc(S(=O)(=O)[O-])cc1. The van der Waals surface area contributed by atoms with Crippen LogP contribution in [0.3, 0.4) is 0 Å². The van der Waals surface area contributed by atoms with Gasteiger partial charge >= 0.3 is 0 Å². The molecule has 0 radical (unpaired) electrons. The molecular weight excluding hydrogens is 588 g/mol. The summed E-state index contributed by atoms with van der Waals surface area (Å²) in [7, 11) is -7.01. The molecule has 0 aromatic heterocycles. The van der Waals surface area contributed by atoms with E-state index in [2.05, 4.69) is 39.8 Å². The predicted molar refractivity (Wildman–Crippen MR) is 168 cm³/mol. The van der Waals surface area contributed by atoms with E-state index >= 15 is 0 Å². The van der Waals surface area contributed by atoms with E-state index in [-0.39, 0.29) is 15.5 Å². The van der Waals surface area contributed by atoms with Gasteiger partial charge in [-0.1, -0.05) is 53.1 Å². The lowest BCUT2D eigenvalue weighted by atomic mass is 10.0. The summed E-state index contributed by atoms with van der Waals surface area (Å²) in [6.07, 6.45) is 0. The van der Waals surface area contributed by atoms with Gasteiger partial charge in [-0.25, -0.2) is 16.8 Å². The smallest absolute Gasteiger partial charge is 0.124 e. The van der Waals surface area contributed by atoms with E-state index in [1.54, 1.807) is 69.5 Å². The topological polar surface area (TPSA) is 144 Å². The van der Waals surface area contributed by atoms with Gasteiger partial charge in [0.25, 0.3) is 0 Å². The van der Waals surface area contributed by atoms with E-state index in [4.69, 9.17) is 9.84 Å². The molecule has 8 nitrogen and oxygen atoms in total. The van der Waals surface area contributed by atoms with Crippen LogP contribution in [0.5, 0.6) is 11.5 Å². The summed E-state index contributed by atoms with van der Waals surface area (Å²) in [6.45, 7) is 15.6. The first-order valence-corrected chi connectivity index (χ1v) is 16.0. The molecule has 234 valence electrons. The van der Waals surface area contributed by atoms with Gasteiger partial charge in [0.15, 0.2) is 0 Å². The number of phenolic OH excluding ortho intramolecular Hbond substituents is 1. The van der Waals surface area contributed by atoms with E-state index in [1.165, 1.54) is 34.4 Å². The summed E-state index contributed by atoms with van der Waals surface area (Å²) < 4.78 is 68.5. The van der Waals surface area contributed by atoms with Crippen molar-refractivity contribution in [1.82, 2.24) is 0 Å². The highest BCUT2D eigenvalue weighted by Crippen LogP contribution is 2.21. The van der Waals surface area contributed by atoms with Crippen LogP contribution < -0.4 is 4.74 Å². The van der Waals surface area contributed by atoms with E-state index in [0.29, 0.717) is 11.1 Å².